The smallest absolute Gasteiger partial charge is 0.241 e. The highest BCUT2D eigenvalue weighted by Crippen LogP contribution is 2.29. The lowest BCUT2D eigenvalue weighted by atomic mass is 10.0. The van der Waals surface area contributed by atoms with E-state index in [0.29, 0.717) is 25.0 Å². The summed E-state index contributed by atoms with van der Waals surface area (Å²) in [7, 11) is -1.94. The Morgan fingerprint density at radius 2 is 1.72 bits per heavy atom. The molecule has 32 heavy (non-hydrogen) atoms. The summed E-state index contributed by atoms with van der Waals surface area (Å²) in [5.74, 6) is 0.841. The van der Waals surface area contributed by atoms with Crippen LogP contribution in [-0.2, 0) is 16.6 Å². The highest BCUT2D eigenvalue weighted by molar-refractivity contribution is 7.89. The standard InChI is InChI=1S/C25H25N3O3S/c1-31-24-7-3-2-6-22(24)20-11-9-19(10-12-20)17-27-15-16-28-32(29,30)25-8-4-5-21-18-26-14-13-23(21)25/h2-14,18,27-28H,15-17H2,1H3. The maximum atomic E-state index is 12.7. The molecular formula is C25H25N3O3S. The van der Waals surface area contributed by atoms with Gasteiger partial charge in [-0.25, -0.2) is 13.1 Å². The van der Waals surface area contributed by atoms with Crippen LogP contribution in [0.15, 0.2) is 90.1 Å². The molecule has 0 saturated carbocycles. The van der Waals surface area contributed by atoms with Crippen LogP contribution in [0.3, 0.4) is 0 Å². The Kier molecular flexibility index (Phi) is 6.80. The topological polar surface area (TPSA) is 80.3 Å². The third-order valence-electron chi connectivity index (χ3n) is 5.23. The molecule has 7 heteroatoms. The fourth-order valence-corrected chi connectivity index (χ4v) is 4.86. The minimum atomic E-state index is -3.60. The van der Waals surface area contributed by atoms with Gasteiger partial charge in [0.05, 0.1) is 12.0 Å². The van der Waals surface area contributed by atoms with E-state index in [2.05, 4.69) is 39.3 Å². The van der Waals surface area contributed by atoms with Crippen molar-refractivity contribution < 1.29 is 13.2 Å². The predicted octanol–water partition coefficient (Wildman–Crippen LogP) is 3.98. The second kappa shape index (κ2) is 9.91. The zero-order chi connectivity index (χ0) is 22.4. The van der Waals surface area contributed by atoms with Gasteiger partial charge in [0.2, 0.25) is 10.0 Å². The summed E-state index contributed by atoms with van der Waals surface area (Å²) in [5.41, 5.74) is 3.26. The molecule has 0 unspecified atom stereocenters. The fraction of sp³-hybridized carbons (Fsp3) is 0.160. The van der Waals surface area contributed by atoms with Gasteiger partial charge >= 0.3 is 0 Å². The molecule has 0 fully saturated rings. The number of nitrogens with zero attached hydrogens (tertiary/aromatic N) is 1. The van der Waals surface area contributed by atoms with Crippen molar-refractivity contribution in [3.8, 4) is 16.9 Å². The monoisotopic (exact) mass is 447 g/mol. The van der Waals surface area contributed by atoms with E-state index in [1.54, 1.807) is 37.7 Å². The zero-order valence-corrected chi connectivity index (χ0v) is 18.6. The van der Waals surface area contributed by atoms with Crippen LogP contribution in [0.5, 0.6) is 5.75 Å². The van der Waals surface area contributed by atoms with Gasteiger partial charge in [-0.1, -0.05) is 54.6 Å². The van der Waals surface area contributed by atoms with Gasteiger partial charge in [0.25, 0.3) is 0 Å². The lowest BCUT2D eigenvalue weighted by Crippen LogP contribution is -2.31. The van der Waals surface area contributed by atoms with Crippen LogP contribution in [0.2, 0.25) is 0 Å². The Bertz CT molecular complexity index is 1300. The molecule has 0 radical (unpaired) electrons. The first-order valence-electron chi connectivity index (χ1n) is 10.3. The number of nitrogens with one attached hydrogen (secondary N) is 2. The SMILES string of the molecule is COc1ccccc1-c1ccc(CNCCNS(=O)(=O)c2cccc3cnccc23)cc1. The van der Waals surface area contributed by atoms with Crippen LogP contribution in [0, 0.1) is 0 Å². The van der Waals surface area contributed by atoms with Crippen LogP contribution in [0.4, 0.5) is 0 Å². The van der Waals surface area contributed by atoms with Crippen molar-refractivity contribution in [2.75, 3.05) is 20.2 Å². The number of ether oxygens (including phenoxy) is 1. The van der Waals surface area contributed by atoms with E-state index in [4.69, 9.17) is 4.74 Å². The summed E-state index contributed by atoms with van der Waals surface area (Å²) in [4.78, 5) is 4.32. The molecule has 0 aliphatic heterocycles. The number of methoxy groups -OCH3 is 1. The molecule has 0 spiro atoms. The van der Waals surface area contributed by atoms with E-state index in [0.717, 1.165) is 27.8 Å². The molecule has 1 aromatic heterocycles. The Morgan fingerprint density at radius 1 is 0.906 bits per heavy atom. The summed E-state index contributed by atoms with van der Waals surface area (Å²) < 4.78 is 33.6. The van der Waals surface area contributed by atoms with Crippen molar-refractivity contribution in [2.45, 2.75) is 11.4 Å². The highest BCUT2D eigenvalue weighted by atomic mass is 32.2. The number of rotatable bonds is 9. The molecule has 0 aliphatic carbocycles. The number of fused-ring (bicyclic) bond motifs is 1. The Balaban J connectivity index is 1.31. The molecule has 4 aromatic rings. The van der Waals surface area contributed by atoms with Gasteiger partial charge < -0.3 is 10.1 Å². The molecule has 1 heterocycles. The van der Waals surface area contributed by atoms with Crippen LogP contribution in [0.25, 0.3) is 21.9 Å². The molecule has 0 bridgehead atoms. The molecule has 0 aliphatic rings. The number of hydrogen-bond donors (Lipinski definition) is 2. The Morgan fingerprint density at radius 3 is 2.53 bits per heavy atom. The lowest BCUT2D eigenvalue weighted by Gasteiger charge is -2.11. The second-order valence-electron chi connectivity index (χ2n) is 7.32. The number of aromatic nitrogens is 1. The Hall–Kier alpha value is -3.26. The van der Waals surface area contributed by atoms with Crippen LogP contribution in [0.1, 0.15) is 5.56 Å². The molecule has 0 saturated heterocycles. The minimum absolute atomic E-state index is 0.268. The first-order valence-corrected chi connectivity index (χ1v) is 11.8. The van der Waals surface area contributed by atoms with Crippen LogP contribution in [-0.4, -0.2) is 33.6 Å². The summed E-state index contributed by atoms with van der Waals surface area (Å²) in [5, 5.41) is 4.74. The average molecular weight is 448 g/mol. The molecule has 164 valence electrons. The van der Waals surface area contributed by atoms with E-state index in [1.807, 2.05) is 30.3 Å². The van der Waals surface area contributed by atoms with E-state index >= 15 is 0 Å². The summed E-state index contributed by atoms with van der Waals surface area (Å²) in [6, 6.07) is 23.1. The lowest BCUT2D eigenvalue weighted by molar-refractivity contribution is 0.416. The summed E-state index contributed by atoms with van der Waals surface area (Å²) in [6.45, 7) is 1.46. The molecule has 0 amide bonds. The number of para-hydroxylation sites is 1. The van der Waals surface area contributed by atoms with Gasteiger partial charge in [-0.3, -0.25) is 4.98 Å². The molecule has 6 nitrogen and oxygen atoms in total. The fourth-order valence-electron chi connectivity index (χ4n) is 3.60. The predicted molar refractivity (Wildman–Crippen MR) is 127 cm³/mol. The van der Waals surface area contributed by atoms with Gasteiger partial charge in [-0.05, 0) is 29.3 Å². The second-order valence-corrected chi connectivity index (χ2v) is 9.06. The van der Waals surface area contributed by atoms with Gasteiger partial charge in [-0.2, -0.15) is 0 Å². The largest absolute Gasteiger partial charge is 0.496 e. The molecule has 3 aromatic carbocycles. The van der Waals surface area contributed by atoms with E-state index in [1.165, 1.54) is 0 Å². The first-order chi connectivity index (χ1) is 15.6. The number of pyridine rings is 1. The van der Waals surface area contributed by atoms with E-state index in [9.17, 15) is 8.42 Å². The van der Waals surface area contributed by atoms with Crippen LogP contribution < -0.4 is 14.8 Å². The number of sulfonamides is 1. The van der Waals surface area contributed by atoms with Gasteiger partial charge in [-0.15, -0.1) is 0 Å². The molecule has 0 atom stereocenters. The van der Waals surface area contributed by atoms with Crippen molar-refractivity contribution >= 4 is 20.8 Å². The van der Waals surface area contributed by atoms with E-state index < -0.39 is 10.0 Å². The zero-order valence-electron chi connectivity index (χ0n) is 17.8. The van der Waals surface area contributed by atoms with Crippen LogP contribution >= 0.6 is 0 Å². The normalized spacial score (nSPS) is 11.5. The van der Waals surface area contributed by atoms with Crippen molar-refractivity contribution in [2.24, 2.45) is 0 Å². The van der Waals surface area contributed by atoms with Crippen molar-refractivity contribution in [3.63, 3.8) is 0 Å². The molecule has 2 N–H and O–H groups in total. The quantitative estimate of drug-likeness (QED) is 0.380. The summed E-state index contributed by atoms with van der Waals surface area (Å²) in [6.07, 6.45) is 3.26. The maximum absolute atomic E-state index is 12.7. The maximum Gasteiger partial charge on any atom is 0.241 e. The summed E-state index contributed by atoms with van der Waals surface area (Å²) >= 11 is 0. The van der Waals surface area contributed by atoms with Gasteiger partial charge in [0.1, 0.15) is 5.75 Å². The van der Waals surface area contributed by atoms with E-state index in [-0.39, 0.29) is 4.90 Å². The third-order valence-corrected chi connectivity index (χ3v) is 6.74. The number of benzene rings is 3. The van der Waals surface area contributed by atoms with Gasteiger partial charge in [0, 0.05) is 48.4 Å². The number of hydrogen-bond acceptors (Lipinski definition) is 5. The third kappa shape index (κ3) is 4.96. The minimum Gasteiger partial charge on any atom is -0.496 e. The van der Waals surface area contributed by atoms with Crippen molar-refractivity contribution in [3.05, 3.63) is 90.8 Å². The molecular weight excluding hydrogens is 422 g/mol. The Labute approximate surface area is 188 Å². The first kappa shape index (κ1) is 22.0. The molecule has 4 rings (SSSR count). The van der Waals surface area contributed by atoms with Crippen molar-refractivity contribution in [1.29, 1.82) is 0 Å². The average Bonchev–Trinajstić information content (AvgIpc) is 2.84. The highest BCUT2D eigenvalue weighted by Gasteiger charge is 2.16. The van der Waals surface area contributed by atoms with Crippen molar-refractivity contribution in [1.82, 2.24) is 15.0 Å². The van der Waals surface area contributed by atoms with Gasteiger partial charge in [0.15, 0.2) is 0 Å².